The molecule has 2 atom stereocenters. The van der Waals surface area contributed by atoms with Crippen LogP contribution in [0, 0.1) is 5.92 Å². The average Bonchev–Trinajstić information content (AvgIpc) is 2.19. The van der Waals surface area contributed by atoms with E-state index in [9.17, 15) is 8.42 Å². The Morgan fingerprint density at radius 1 is 1.33 bits per heavy atom. The summed E-state index contributed by atoms with van der Waals surface area (Å²) < 4.78 is 22.9. The van der Waals surface area contributed by atoms with Gasteiger partial charge >= 0.3 is 0 Å². The van der Waals surface area contributed by atoms with E-state index in [1.165, 1.54) is 6.26 Å². The van der Waals surface area contributed by atoms with E-state index in [1.807, 2.05) is 13.8 Å². The minimum Gasteiger partial charge on any atom is -0.314 e. The first-order valence-electron chi connectivity index (χ1n) is 6.77. The van der Waals surface area contributed by atoms with E-state index >= 15 is 0 Å². The summed E-state index contributed by atoms with van der Waals surface area (Å²) in [6.07, 6.45) is 2.41. The third-order valence-corrected chi connectivity index (χ3v) is 6.01. The van der Waals surface area contributed by atoms with Crippen molar-refractivity contribution in [2.45, 2.75) is 44.9 Å². The van der Waals surface area contributed by atoms with E-state index in [-0.39, 0.29) is 0 Å². The predicted molar refractivity (Wildman–Crippen MR) is 76.6 cm³/mol. The summed E-state index contributed by atoms with van der Waals surface area (Å²) in [7, 11) is -3.01. The van der Waals surface area contributed by atoms with Crippen LogP contribution in [-0.4, -0.2) is 56.5 Å². The number of hydrogen-bond acceptors (Lipinski definition) is 4. The Morgan fingerprint density at radius 2 is 1.94 bits per heavy atom. The van der Waals surface area contributed by atoms with Crippen LogP contribution in [0.5, 0.6) is 0 Å². The Balaban J connectivity index is 2.69. The minimum atomic E-state index is -3.01. The first-order valence-corrected chi connectivity index (χ1v) is 8.66. The molecule has 0 radical (unpaired) electrons. The van der Waals surface area contributed by atoms with Gasteiger partial charge in [0.15, 0.2) is 9.84 Å². The number of sulfone groups is 1. The molecule has 1 aliphatic rings. The van der Waals surface area contributed by atoms with Crippen LogP contribution in [0.25, 0.3) is 0 Å². The number of nitrogens with zero attached hydrogens (tertiary/aromatic N) is 1. The maximum atomic E-state index is 11.8. The van der Waals surface area contributed by atoms with Crippen molar-refractivity contribution in [3.8, 4) is 0 Å². The standard InChI is InChI=1S/C13H28N2O2S/c1-11-8-14-12(2)6-7-15(9-11)10-13(3,4)18(5,16)17/h11-12,14H,6-10H2,1-5H3. The number of rotatable bonds is 3. The maximum absolute atomic E-state index is 11.8. The van der Waals surface area contributed by atoms with Crippen molar-refractivity contribution in [1.29, 1.82) is 0 Å². The van der Waals surface area contributed by atoms with Gasteiger partial charge < -0.3 is 10.2 Å². The zero-order chi connectivity index (χ0) is 14.0. The highest BCUT2D eigenvalue weighted by Crippen LogP contribution is 2.19. The van der Waals surface area contributed by atoms with Crippen LogP contribution >= 0.6 is 0 Å². The summed E-state index contributed by atoms with van der Waals surface area (Å²) in [6, 6.07) is 0.511. The van der Waals surface area contributed by atoms with Crippen molar-refractivity contribution in [3.05, 3.63) is 0 Å². The summed E-state index contributed by atoms with van der Waals surface area (Å²) in [5.74, 6) is 0.558. The van der Waals surface area contributed by atoms with Crippen molar-refractivity contribution >= 4 is 9.84 Å². The fourth-order valence-electron chi connectivity index (χ4n) is 2.28. The summed E-state index contributed by atoms with van der Waals surface area (Å²) >= 11 is 0. The SMILES string of the molecule is CC1CNC(C)CCN(CC(C)(C)S(C)(=O)=O)C1. The van der Waals surface area contributed by atoms with Gasteiger partial charge in [-0.2, -0.15) is 0 Å². The van der Waals surface area contributed by atoms with Gasteiger partial charge in [0.25, 0.3) is 0 Å². The fraction of sp³-hybridized carbons (Fsp3) is 1.00. The lowest BCUT2D eigenvalue weighted by Gasteiger charge is -2.35. The molecule has 1 N–H and O–H groups in total. The summed E-state index contributed by atoms with van der Waals surface area (Å²) in [5.41, 5.74) is 0. The van der Waals surface area contributed by atoms with E-state index in [0.29, 0.717) is 18.5 Å². The zero-order valence-corrected chi connectivity index (χ0v) is 13.2. The second kappa shape index (κ2) is 5.88. The van der Waals surface area contributed by atoms with Gasteiger partial charge in [-0.1, -0.05) is 6.92 Å². The highest BCUT2D eigenvalue weighted by Gasteiger charge is 2.33. The summed E-state index contributed by atoms with van der Waals surface area (Å²) in [4.78, 5) is 2.31. The highest BCUT2D eigenvalue weighted by molar-refractivity contribution is 7.92. The van der Waals surface area contributed by atoms with E-state index in [1.54, 1.807) is 0 Å². The normalized spacial score (nSPS) is 28.7. The maximum Gasteiger partial charge on any atom is 0.153 e. The van der Waals surface area contributed by atoms with Gasteiger partial charge in [-0.25, -0.2) is 8.42 Å². The minimum absolute atomic E-state index is 0.511. The molecule has 0 aliphatic carbocycles. The molecule has 1 aliphatic heterocycles. The second-order valence-corrected chi connectivity index (χ2v) is 9.12. The molecule has 1 rings (SSSR count). The van der Waals surface area contributed by atoms with Crippen LogP contribution in [0.1, 0.15) is 34.1 Å². The van der Waals surface area contributed by atoms with E-state index in [4.69, 9.17) is 0 Å². The van der Waals surface area contributed by atoms with E-state index in [2.05, 4.69) is 24.1 Å². The molecule has 4 nitrogen and oxygen atoms in total. The van der Waals surface area contributed by atoms with Crippen LogP contribution in [0.4, 0.5) is 0 Å². The van der Waals surface area contributed by atoms with Crippen LogP contribution < -0.4 is 5.32 Å². The largest absolute Gasteiger partial charge is 0.314 e. The lowest BCUT2D eigenvalue weighted by molar-refractivity contribution is 0.189. The van der Waals surface area contributed by atoms with Crippen LogP contribution in [0.15, 0.2) is 0 Å². The molecule has 5 heteroatoms. The number of hydrogen-bond donors (Lipinski definition) is 1. The molecular formula is C13H28N2O2S. The van der Waals surface area contributed by atoms with Crippen LogP contribution in [-0.2, 0) is 9.84 Å². The highest BCUT2D eigenvalue weighted by atomic mass is 32.2. The third-order valence-electron chi connectivity index (χ3n) is 3.87. The van der Waals surface area contributed by atoms with Gasteiger partial charge in [0.2, 0.25) is 0 Å². The molecule has 0 aromatic rings. The first kappa shape index (κ1) is 15.9. The lowest BCUT2D eigenvalue weighted by Crippen LogP contribution is -2.49. The van der Waals surface area contributed by atoms with Crippen LogP contribution in [0.2, 0.25) is 0 Å². The summed E-state index contributed by atoms with van der Waals surface area (Å²) in [6.45, 7) is 11.6. The third kappa shape index (κ3) is 4.52. The van der Waals surface area contributed by atoms with Crippen LogP contribution in [0.3, 0.4) is 0 Å². The molecule has 0 spiro atoms. The lowest BCUT2D eigenvalue weighted by atomic mass is 10.1. The average molecular weight is 276 g/mol. The van der Waals surface area contributed by atoms with Gasteiger partial charge in [0.1, 0.15) is 0 Å². The monoisotopic (exact) mass is 276 g/mol. The second-order valence-electron chi connectivity index (χ2n) is 6.47. The van der Waals surface area contributed by atoms with Crippen molar-refractivity contribution in [1.82, 2.24) is 10.2 Å². The predicted octanol–water partition coefficient (Wildman–Crippen LogP) is 1.13. The van der Waals surface area contributed by atoms with Crippen molar-refractivity contribution in [2.24, 2.45) is 5.92 Å². The topological polar surface area (TPSA) is 49.4 Å². The van der Waals surface area contributed by atoms with Gasteiger partial charge in [-0.3, -0.25) is 0 Å². The van der Waals surface area contributed by atoms with Crippen molar-refractivity contribution in [2.75, 3.05) is 32.4 Å². The molecule has 0 amide bonds. The Hall–Kier alpha value is -0.130. The quantitative estimate of drug-likeness (QED) is 0.839. The summed E-state index contributed by atoms with van der Waals surface area (Å²) in [5, 5.41) is 3.50. The smallest absolute Gasteiger partial charge is 0.153 e. The Labute approximate surface area is 112 Å². The molecule has 18 heavy (non-hydrogen) atoms. The molecule has 0 saturated carbocycles. The Bertz CT molecular complexity index is 365. The molecule has 2 unspecified atom stereocenters. The molecule has 1 fully saturated rings. The van der Waals surface area contributed by atoms with Crippen molar-refractivity contribution < 1.29 is 8.42 Å². The molecule has 1 saturated heterocycles. The molecule has 1 heterocycles. The van der Waals surface area contributed by atoms with Gasteiger partial charge in [-0.05, 0) is 46.2 Å². The Morgan fingerprint density at radius 3 is 2.50 bits per heavy atom. The van der Waals surface area contributed by atoms with Crippen molar-refractivity contribution in [3.63, 3.8) is 0 Å². The Kier molecular flexibility index (Phi) is 5.21. The molecule has 0 aromatic carbocycles. The van der Waals surface area contributed by atoms with E-state index in [0.717, 1.165) is 26.1 Å². The molecule has 0 bridgehead atoms. The van der Waals surface area contributed by atoms with Gasteiger partial charge in [-0.15, -0.1) is 0 Å². The molecule has 108 valence electrons. The zero-order valence-electron chi connectivity index (χ0n) is 12.4. The van der Waals surface area contributed by atoms with Gasteiger partial charge in [0, 0.05) is 25.4 Å². The first-order chi connectivity index (χ1) is 8.12. The van der Waals surface area contributed by atoms with E-state index < -0.39 is 14.6 Å². The van der Waals surface area contributed by atoms with Gasteiger partial charge in [0.05, 0.1) is 4.75 Å². The fourth-order valence-corrected chi connectivity index (χ4v) is 2.69. The molecular weight excluding hydrogens is 248 g/mol. The molecule has 0 aromatic heterocycles. The number of nitrogens with one attached hydrogen (secondary N) is 1.